The molecule has 1 aliphatic rings. The molecule has 2 rings (SSSR count). The fourth-order valence-electron chi connectivity index (χ4n) is 1.82. The van der Waals surface area contributed by atoms with E-state index in [9.17, 15) is 4.79 Å². The van der Waals surface area contributed by atoms with Crippen LogP contribution in [0.4, 0.5) is 5.69 Å². The zero-order valence-corrected chi connectivity index (χ0v) is 9.16. The van der Waals surface area contributed by atoms with Crippen molar-refractivity contribution in [1.82, 2.24) is 4.90 Å². The Bertz CT molecular complexity index is 376. The summed E-state index contributed by atoms with van der Waals surface area (Å²) < 4.78 is 0. The molecule has 3 nitrogen and oxygen atoms in total. The van der Waals surface area contributed by atoms with E-state index in [4.69, 9.17) is 0 Å². The summed E-state index contributed by atoms with van der Waals surface area (Å²) in [5, 5.41) is 0. The maximum atomic E-state index is 11.6. The molecule has 15 heavy (non-hydrogen) atoms. The summed E-state index contributed by atoms with van der Waals surface area (Å²) in [4.78, 5) is 15.5. The maximum absolute atomic E-state index is 11.6. The summed E-state index contributed by atoms with van der Waals surface area (Å²) in [7, 11) is 1.85. The Hall–Kier alpha value is -1.51. The number of rotatable bonds is 1. The molecule has 0 aliphatic carbocycles. The Morgan fingerprint density at radius 1 is 1.40 bits per heavy atom. The van der Waals surface area contributed by atoms with E-state index in [1.54, 1.807) is 4.90 Å². The lowest BCUT2D eigenvalue weighted by Crippen LogP contribution is -2.48. The van der Waals surface area contributed by atoms with Crippen molar-refractivity contribution in [3.8, 4) is 0 Å². The summed E-state index contributed by atoms with van der Waals surface area (Å²) in [5.74, 6) is 0.188. The molecule has 1 amide bonds. The second kappa shape index (κ2) is 3.93. The van der Waals surface area contributed by atoms with E-state index in [-0.39, 0.29) is 5.91 Å². The summed E-state index contributed by atoms with van der Waals surface area (Å²) in [6.07, 6.45) is 0. The van der Waals surface area contributed by atoms with E-state index < -0.39 is 0 Å². The summed E-state index contributed by atoms with van der Waals surface area (Å²) in [5.41, 5.74) is 2.32. The standard InChI is InChI=1S/C12H15N2O/c1-10-5-3-4-6-11(10)14-8-7-13(2)12(15)9-14/h4-6H,7-9H2,1-2H3. The van der Waals surface area contributed by atoms with Gasteiger partial charge in [-0.25, -0.2) is 0 Å². The van der Waals surface area contributed by atoms with E-state index in [2.05, 4.69) is 17.9 Å². The number of likely N-dealkylation sites (N-methyl/N-ethyl adjacent to an activating group) is 1. The summed E-state index contributed by atoms with van der Waals surface area (Å²) in [6.45, 7) is 4.25. The lowest BCUT2D eigenvalue weighted by atomic mass is 10.1. The van der Waals surface area contributed by atoms with Crippen LogP contribution < -0.4 is 4.90 Å². The van der Waals surface area contributed by atoms with Gasteiger partial charge in [-0.2, -0.15) is 0 Å². The molecule has 3 heteroatoms. The highest BCUT2D eigenvalue weighted by molar-refractivity contribution is 5.82. The van der Waals surface area contributed by atoms with Crippen LogP contribution >= 0.6 is 0 Å². The number of amides is 1. The average molecular weight is 203 g/mol. The highest BCUT2D eigenvalue weighted by Gasteiger charge is 2.21. The third kappa shape index (κ3) is 1.96. The van der Waals surface area contributed by atoms with Crippen LogP contribution in [0.15, 0.2) is 18.2 Å². The Morgan fingerprint density at radius 2 is 2.20 bits per heavy atom. The number of benzene rings is 1. The topological polar surface area (TPSA) is 23.6 Å². The van der Waals surface area contributed by atoms with Gasteiger partial charge in [0.15, 0.2) is 0 Å². The molecule has 79 valence electrons. The molecule has 1 saturated heterocycles. The highest BCUT2D eigenvalue weighted by atomic mass is 16.2. The number of hydrogen-bond acceptors (Lipinski definition) is 2. The molecule has 0 spiro atoms. The lowest BCUT2D eigenvalue weighted by molar-refractivity contribution is -0.129. The van der Waals surface area contributed by atoms with E-state index in [0.29, 0.717) is 6.54 Å². The number of hydrogen-bond donors (Lipinski definition) is 0. The third-order valence-electron chi connectivity index (χ3n) is 2.84. The van der Waals surface area contributed by atoms with Crippen LogP contribution in [-0.4, -0.2) is 37.5 Å². The smallest absolute Gasteiger partial charge is 0.241 e. The molecule has 0 bridgehead atoms. The SMILES string of the molecule is Cc1c[c]ccc1N1CCN(C)C(=O)C1. The molecular weight excluding hydrogens is 188 g/mol. The second-order valence-corrected chi connectivity index (χ2v) is 3.95. The van der Waals surface area contributed by atoms with Crippen LogP contribution in [0.2, 0.25) is 0 Å². The van der Waals surface area contributed by atoms with Gasteiger partial charge in [-0.3, -0.25) is 4.79 Å². The van der Waals surface area contributed by atoms with Crippen molar-refractivity contribution in [1.29, 1.82) is 0 Å². The van der Waals surface area contributed by atoms with Crippen molar-refractivity contribution in [3.05, 3.63) is 29.8 Å². The molecule has 0 aromatic heterocycles. The van der Waals surface area contributed by atoms with Crippen LogP contribution in [0.5, 0.6) is 0 Å². The monoisotopic (exact) mass is 203 g/mol. The normalized spacial score (nSPS) is 17.1. The average Bonchev–Trinajstić information content (AvgIpc) is 2.23. The van der Waals surface area contributed by atoms with Crippen molar-refractivity contribution in [3.63, 3.8) is 0 Å². The fraction of sp³-hybridized carbons (Fsp3) is 0.417. The van der Waals surface area contributed by atoms with Crippen LogP contribution in [-0.2, 0) is 4.79 Å². The van der Waals surface area contributed by atoms with Crippen molar-refractivity contribution in [2.45, 2.75) is 6.92 Å². The van der Waals surface area contributed by atoms with Crippen molar-refractivity contribution < 1.29 is 4.79 Å². The van der Waals surface area contributed by atoms with Gasteiger partial charge in [-0.05, 0) is 30.7 Å². The molecule has 0 N–H and O–H groups in total. The predicted molar refractivity (Wildman–Crippen MR) is 59.9 cm³/mol. The minimum absolute atomic E-state index is 0.188. The van der Waals surface area contributed by atoms with Gasteiger partial charge < -0.3 is 9.80 Å². The van der Waals surface area contributed by atoms with Gasteiger partial charge in [0.05, 0.1) is 6.54 Å². The van der Waals surface area contributed by atoms with E-state index in [1.807, 2.05) is 25.2 Å². The highest BCUT2D eigenvalue weighted by Crippen LogP contribution is 2.20. The van der Waals surface area contributed by atoms with Gasteiger partial charge in [-0.15, -0.1) is 0 Å². The first-order valence-corrected chi connectivity index (χ1v) is 5.14. The Labute approximate surface area is 90.3 Å². The van der Waals surface area contributed by atoms with Crippen molar-refractivity contribution in [2.24, 2.45) is 0 Å². The van der Waals surface area contributed by atoms with E-state index >= 15 is 0 Å². The third-order valence-corrected chi connectivity index (χ3v) is 2.84. The first kappa shape index (κ1) is 10.0. The number of aryl methyl sites for hydroxylation is 1. The first-order chi connectivity index (χ1) is 7.18. The maximum Gasteiger partial charge on any atom is 0.241 e. The Morgan fingerprint density at radius 3 is 2.87 bits per heavy atom. The largest absolute Gasteiger partial charge is 0.360 e. The first-order valence-electron chi connectivity index (χ1n) is 5.14. The number of carbonyl (C=O) groups excluding carboxylic acids is 1. The van der Waals surface area contributed by atoms with Crippen LogP contribution in [0.3, 0.4) is 0 Å². The molecule has 1 aromatic carbocycles. The zero-order chi connectivity index (χ0) is 10.8. The van der Waals surface area contributed by atoms with Gasteiger partial charge in [0, 0.05) is 25.8 Å². The number of anilines is 1. The zero-order valence-electron chi connectivity index (χ0n) is 9.16. The minimum atomic E-state index is 0.188. The fourth-order valence-corrected chi connectivity index (χ4v) is 1.82. The van der Waals surface area contributed by atoms with Gasteiger partial charge in [0.1, 0.15) is 0 Å². The molecule has 0 saturated carbocycles. The van der Waals surface area contributed by atoms with E-state index in [1.165, 1.54) is 5.56 Å². The van der Waals surface area contributed by atoms with Gasteiger partial charge in [0.25, 0.3) is 0 Å². The van der Waals surface area contributed by atoms with Crippen molar-refractivity contribution >= 4 is 11.6 Å². The Balaban J connectivity index is 2.19. The van der Waals surface area contributed by atoms with E-state index in [0.717, 1.165) is 18.8 Å². The van der Waals surface area contributed by atoms with Gasteiger partial charge >= 0.3 is 0 Å². The quantitative estimate of drug-likeness (QED) is 0.681. The summed E-state index contributed by atoms with van der Waals surface area (Å²) in [6, 6.07) is 8.91. The second-order valence-electron chi connectivity index (χ2n) is 3.95. The molecule has 1 aliphatic heterocycles. The number of nitrogens with zero attached hydrogens (tertiary/aromatic N) is 2. The lowest BCUT2D eigenvalue weighted by Gasteiger charge is -2.34. The minimum Gasteiger partial charge on any atom is -0.360 e. The Kier molecular flexibility index (Phi) is 2.62. The molecular formula is C12H15N2O. The summed E-state index contributed by atoms with van der Waals surface area (Å²) >= 11 is 0. The van der Waals surface area contributed by atoms with Crippen LogP contribution in [0, 0.1) is 13.0 Å². The molecule has 1 radical (unpaired) electrons. The molecule has 0 atom stereocenters. The molecule has 0 unspecified atom stereocenters. The molecule has 1 aromatic rings. The predicted octanol–water partition coefficient (Wildman–Crippen LogP) is 1.07. The van der Waals surface area contributed by atoms with Crippen molar-refractivity contribution in [2.75, 3.05) is 31.6 Å². The number of carbonyl (C=O) groups is 1. The molecule has 1 fully saturated rings. The van der Waals surface area contributed by atoms with Crippen LogP contribution in [0.25, 0.3) is 0 Å². The van der Waals surface area contributed by atoms with Crippen LogP contribution in [0.1, 0.15) is 5.56 Å². The number of piperazine rings is 1. The van der Waals surface area contributed by atoms with Gasteiger partial charge in [0.2, 0.25) is 5.91 Å². The van der Waals surface area contributed by atoms with Gasteiger partial charge in [-0.1, -0.05) is 6.07 Å². The molecule has 1 heterocycles.